The second-order valence-corrected chi connectivity index (χ2v) is 9.51. The van der Waals surface area contributed by atoms with Gasteiger partial charge in [0.25, 0.3) is 5.56 Å². The molecule has 0 aliphatic carbocycles. The minimum atomic E-state index is -3.89. The van der Waals surface area contributed by atoms with Gasteiger partial charge in [-0.05, 0) is 19.1 Å². The van der Waals surface area contributed by atoms with Gasteiger partial charge in [0, 0.05) is 32.5 Å². The van der Waals surface area contributed by atoms with Crippen LogP contribution in [0.3, 0.4) is 0 Å². The van der Waals surface area contributed by atoms with Crippen LogP contribution >= 0.6 is 7.60 Å². The highest BCUT2D eigenvalue weighted by atomic mass is 31.2. The Bertz CT molecular complexity index is 1060. The normalized spacial score (nSPS) is 22.4. The molecular formula is C19H26N3O8P. The van der Waals surface area contributed by atoms with Crippen molar-refractivity contribution in [3.63, 3.8) is 0 Å². The van der Waals surface area contributed by atoms with E-state index in [1.54, 1.807) is 12.1 Å². The molecular weight excluding hydrogens is 429 g/mol. The van der Waals surface area contributed by atoms with Crippen molar-refractivity contribution >= 4 is 13.3 Å². The van der Waals surface area contributed by atoms with Gasteiger partial charge in [-0.15, -0.1) is 0 Å². The first-order valence-electron chi connectivity index (χ1n) is 9.56. The third-order valence-corrected chi connectivity index (χ3v) is 7.22. The number of nitrogens with zero attached hydrogens (tertiary/aromatic N) is 1. The lowest BCUT2D eigenvalue weighted by Crippen LogP contribution is -2.36. The fraction of sp³-hybridized carbons (Fsp3) is 0.474. The van der Waals surface area contributed by atoms with Gasteiger partial charge in [0.05, 0.1) is 18.3 Å². The molecule has 0 saturated carbocycles. The van der Waals surface area contributed by atoms with Gasteiger partial charge in [-0.25, -0.2) is 4.79 Å². The molecule has 4 N–H and O–H groups in total. The highest BCUT2D eigenvalue weighted by Gasteiger charge is 2.40. The first-order chi connectivity index (χ1) is 14.7. The van der Waals surface area contributed by atoms with Crippen LogP contribution in [0.25, 0.3) is 0 Å². The molecule has 1 saturated heterocycles. The molecule has 1 aromatic carbocycles. The molecule has 2 aromatic rings. The smallest absolute Gasteiger partial charge is 0.356 e. The topological polar surface area (TPSA) is 152 Å². The minimum Gasteiger partial charge on any atom is -0.394 e. The Morgan fingerprint density at radius 2 is 1.94 bits per heavy atom. The van der Waals surface area contributed by atoms with Crippen molar-refractivity contribution in [2.75, 3.05) is 26.1 Å². The lowest BCUT2D eigenvalue weighted by Gasteiger charge is -2.26. The molecule has 1 fully saturated rings. The number of nitrogens with one attached hydrogen (secondary N) is 2. The number of aromatic amines is 1. The van der Waals surface area contributed by atoms with Gasteiger partial charge in [0.15, 0.2) is 5.78 Å². The number of hydrogen-bond acceptors (Lipinski definition) is 9. The molecule has 0 spiro atoms. The van der Waals surface area contributed by atoms with E-state index in [4.69, 9.17) is 13.8 Å². The van der Waals surface area contributed by atoms with E-state index in [0.29, 0.717) is 5.69 Å². The van der Waals surface area contributed by atoms with Crippen molar-refractivity contribution in [1.82, 2.24) is 9.55 Å². The average molecular weight is 455 g/mol. The average Bonchev–Trinajstić information content (AvgIpc) is 3.13. The number of ether oxygens (including phenoxy) is 1. The second kappa shape index (κ2) is 9.47. The van der Waals surface area contributed by atoms with E-state index in [2.05, 4.69) is 10.3 Å². The minimum absolute atomic E-state index is 0.0267. The predicted octanol–water partition coefficient (Wildman–Crippen LogP) is 1.08. The number of aliphatic hydroxyl groups is 2. The second-order valence-electron chi connectivity index (χ2n) is 7.18. The summed E-state index contributed by atoms with van der Waals surface area (Å²) < 4.78 is 30.1. The van der Waals surface area contributed by atoms with Gasteiger partial charge >= 0.3 is 13.3 Å². The highest BCUT2D eigenvalue weighted by Crippen LogP contribution is 2.59. The van der Waals surface area contributed by atoms with Crippen LogP contribution in [0.15, 0.2) is 40.1 Å². The molecule has 0 bridgehead atoms. The molecule has 170 valence electrons. The molecule has 1 aliphatic heterocycles. The zero-order valence-electron chi connectivity index (χ0n) is 17.3. The van der Waals surface area contributed by atoms with E-state index in [-0.39, 0.29) is 12.0 Å². The van der Waals surface area contributed by atoms with Crippen molar-refractivity contribution in [2.45, 2.75) is 37.6 Å². The number of rotatable bonds is 8. The summed E-state index contributed by atoms with van der Waals surface area (Å²) in [5.41, 5.74) is -0.0843. The van der Waals surface area contributed by atoms with Crippen molar-refractivity contribution in [2.24, 2.45) is 0 Å². The lowest BCUT2D eigenvalue weighted by molar-refractivity contribution is -0.0460. The van der Waals surface area contributed by atoms with Crippen LogP contribution in [0.2, 0.25) is 0 Å². The molecule has 12 heteroatoms. The van der Waals surface area contributed by atoms with Crippen LogP contribution in [-0.4, -0.2) is 52.8 Å². The number of aliphatic hydroxyl groups excluding tert-OH is 2. The first kappa shape index (κ1) is 23.4. The van der Waals surface area contributed by atoms with Gasteiger partial charge in [-0.3, -0.25) is 18.9 Å². The number of hydrogen-bond donors (Lipinski definition) is 4. The number of aromatic nitrogens is 2. The summed E-state index contributed by atoms with van der Waals surface area (Å²) in [4.78, 5) is 27.3. The number of benzene rings is 1. The summed E-state index contributed by atoms with van der Waals surface area (Å²) in [6.07, 6.45) is -1.55. The Balaban J connectivity index is 2.08. The molecule has 3 rings (SSSR count). The Morgan fingerprint density at radius 3 is 2.48 bits per heavy atom. The largest absolute Gasteiger partial charge is 0.394 e. The lowest BCUT2D eigenvalue weighted by atomic mass is 10.2. The van der Waals surface area contributed by atoms with Crippen LogP contribution in [0.5, 0.6) is 0 Å². The first-order valence-corrected chi connectivity index (χ1v) is 11.2. The SMILES string of the molecule is COP(=O)(OC)C(Nc1ccc(C)cc1)c1cn([C@H]2C[C@H](O)[C@@H](CO)O2)c(=O)[nH]c1=O. The Hall–Kier alpha value is -2.27. The Morgan fingerprint density at radius 1 is 1.29 bits per heavy atom. The van der Waals surface area contributed by atoms with Crippen molar-refractivity contribution < 1.29 is 28.6 Å². The van der Waals surface area contributed by atoms with Crippen LogP contribution < -0.4 is 16.6 Å². The number of aryl methyl sites for hydroxylation is 1. The third-order valence-electron chi connectivity index (χ3n) is 5.16. The molecule has 0 radical (unpaired) electrons. The van der Waals surface area contributed by atoms with Crippen LogP contribution in [0, 0.1) is 6.92 Å². The maximum Gasteiger partial charge on any atom is 0.356 e. The van der Waals surface area contributed by atoms with Crippen molar-refractivity contribution in [1.29, 1.82) is 0 Å². The molecule has 4 atom stereocenters. The van der Waals surface area contributed by atoms with Gasteiger partial charge in [-0.1, -0.05) is 17.7 Å². The maximum absolute atomic E-state index is 13.3. The maximum atomic E-state index is 13.3. The zero-order chi connectivity index (χ0) is 22.8. The zero-order valence-corrected chi connectivity index (χ0v) is 18.2. The molecule has 31 heavy (non-hydrogen) atoms. The Kier molecular flexibility index (Phi) is 7.15. The summed E-state index contributed by atoms with van der Waals surface area (Å²) in [6.45, 7) is 1.48. The van der Waals surface area contributed by atoms with Crippen LogP contribution in [0.4, 0.5) is 5.69 Å². The molecule has 11 nitrogen and oxygen atoms in total. The molecule has 0 amide bonds. The molecule has 1 unspecified atom stereocenters. The quantitative estimate of drug-likeness (QED) is 0.429. The van der Waals surface area contributed by atoms with Crippen molar-refractivity contribution in [3.8, 4) is 0 Å². The monoisotopic (exact) mass is 455 g/mol. The van der Waals surface area contributed by atoms with E-state index in [0.717, 1.165) is 10.1 Å². The van der Waals surface area contributed by atoms with Gasteiger partial charge in [0.1, 0.15) is 12.3 Å². The summed E-state index contributed by atoms with van der Waals surface area (Å²) in [5, 5.41) is 22.3. The number of anilines is 1. The summed E-state index contributed by atoms with van der Waals surface area (Å²) in [6, 6.07) is 7.14. The van der Waals surface area contributed by atoms with E-state index >= 15 is 0 Å². The van der Waals surface area contributed by atoms with E-state index < -0.39 is 49.7 Å². The Labute approximate surface area is 178 Å². The fourth-order valence-electron chi connectivity index (χ4n) is 3.38. The highest BCUT2D eigenvalue weighted by molar-refractivity contribution is 7.54. The summed E-state index contributed by atoms with van der Waals surface area (Å²) >= 11 is 0. The summed E-state index contributed by atoms with van der Waals surface area (Å²) in [5.74, 6) is -1.25. The molecule has 1 aliphatic rings. The van der Waals surface area contributed by atoms with E-state index in [9.17, 15) is 24.4 Å². The summed E-state index contributed by atoms with van der Waals surface area (Å²) in [7, 11) is -1.50. The molecule has 1 aromatic heterocycles. The van der Waals surface area contributed by atoms with E-state index in [1.807, 2.05) is 19.1 Å². The van der Waals surface area contributed by atoms with Gasteiger partial charge in [0.2, 0.25) is 0 Å². The molecule has 2 heterocycles. The third kappa shape index (κ3) is 4.82. The van der Waals surface area contributed by atoms with E-state index in [1.165, 1.54) is 20.4 Å². The predicted molar refractivity (Wildman–Crippen MR) is 112 cm³/mol. The standard InChI is InChI=1S/C19H26N3O8P/c1-11-4-6-12(7-5-11)20-18(31(27,28-2)29-3)13-9-22(19(26)21-17(13)25)16-8-14(24)15(10-23)30-16/h4-7,9,14-16,18,20,23-24H,8,10H2,1-3H3,(H,21,25,26)/t14-,15+,16+,18?/m0/s1. The van der Waals surface area contributed by atoms with Gasteiger partial charge in [-0.2, -0.15) is 0 Å². The van der Waals surface area contributed by atoms with Gasteiger partial charge < -0.3 is 29.3 Å². The number of H-pyrrole nitrogens is 1. The van der Waals surface area contributed by atoms with Crippen molar-refractivity contribution in [3.05, 3.63) is 62.4 Å². The van der Waals surface area contributed by atoms with Crippen LogP contribution in [-0.2, 0) is 18.3 Å². The fourth-order valence-corrected chi connectivity index (χ4v) is 4.78. The van der Waals surface area contributed by atoms with Crippen LogP contribution in [0.1, 0.15) is 29.6 Å².